The number of rotatable bonds is 5. The van der Waals surface area contributed by atoms with Gasteiger partial charge in [0.15, 0.2) is 0 Å². The highest BCUT2D eigenvalue weighted by Crippen LogP contribution is 2.28. The predicted molar refractivity (Wildman–Crippen MR) is 119 cm³/mol. The standard InChI is InChI=1S/C23H26N4O.ClH/c1-23(12-14-24-15-13-23)17-25-22(28)20-16-27(19-10-6-3-7-11-19)26-21(20)18-8-4-2-5-9-18;/h2-11,16,24H,12-15,17H2,1H3,(H,25,28);1H. The topological polar surface area (TPSA) is 59.0 Å². The van der Waals surface area contributed by atoms with Gasteiger partial charge in [-0.25, -0.2) is 4.68 Å². The van der Waals surface area contributed by atoms with Gasteiger partial charge in [-0.2, -0.15) is 5.10 Å². The lowest BCUT2D eigenvalue weighted by molar-refractivity contribution is 0.0923. The van der Waals surface area contributed by atoms with Gasteiger partial charge in [0.05, 0.1) is 11.3 Å². The molecule has 0 aliphatic carbocycles. The third-order valence-corrected chi connectivity index (χ3v) is 5.51. The van der Waals surface area contributed by atoms with Crippen molar-refractivity contribution >= 4 is 18.3 Å². The zero-order valence-corrected chi connectivity index (χ0v) is 17.4. The molecular weight excluding hydrogens is 384 g/mol. The van der Waals surface area contributed by atoms with Gasteiger partial charge >= 0.3 is 0 Å². The molecule has 1 aromatic heterocycles. The summed E-state index contributed by atoms with van der Waals surface area (Å²) in [4.78, 5) is 13.1. The lowest BCUT2D eigenvalue weighted by atomic mass is 9.81. The van der Waals surface area contributed by atoms with Crippen molar-refractivity contribution < 1.29 is 4.79 Å². The minimum atomic E-state index is -0.0687. The minimum absolute atomic E-state index is 0. The molecule has 1 fully saturated rings. The van der Waals surface area contributed by atoms with Crippen LogP contribution in [0.4, 0.5) is 0 Å². The molecule has 6 heteroatoms. The van der Waals surface area contributed by atoms with Crippen molar-refractivity contribution in [3.8, 4) is 16.9 Å². The largest absolute Gasteiger partial charge is 0.351 e. The summed E-state index contributed by atoms with van der Waals surface area (Å²) in [6, 6.07) is 19.8. The van der Waals surface area contributed by atoms with E-state index in [1.807, 2.05) is 66.9 Å². The first kappa shape index (κ1) is 21.1. The fourth-order valence-corrected chi connectivity index (χ4v) is 3.66. The number of aromatic nitrogens is 2. The molecule has 0 bridgehead atoms. The Morgan fingerprint density at radius 3 is 2.34 bits per heavy atom. The lowest BCUT2D eigenvalue weighted by Crippen LogP contribution is -2.42. The number of nitrogens with zero attached hydrogens (tertiary/aromatic N) is 2. The van der Waals surface area contributed by atoms with E-state index in [1.54, 1.807) is 4.68 Å². The number of carbonyl (C=O) groups excluding carboxylic acids is 1. The van der Waals surface area contributed by atoms with E-state index < -0.39 is 0 Å². The van der Waals surface area contributed by atoms with Crippen molar-refractivity contribution in [2.24, 2.45) is 5.41 Å². The normalized spacial score (nSPS) is 15.3. The number of piperidine rings is 1. The monoisotopic (exact) mass is 410 g/mol. The van der Waals surface area contributed by atoms with Gasteiger partial charge < -0.3 is 10.6 Å². The van der Waals surface area contributed by atoms with Crippen LogP contribution in [0.25, 0.3) is 16.9 Å². The Balaban J connectivity index is 0.00000240. The van der Waals surface area contributed by atoms with E-state index in [9.17, 15) is 4.79 Å². The molecular formula is C23H27ClN4O. The SMILES string of the molecule is CC1(CNC(=O)c2cn(-c3ccccc3)nc2-c2ccccc2)CCNCC1.Cl. The summed E-state index contributed by atoms with van der Waals surface area (Å²) in [7, 11) is 0. The summed E-state index contributed by atoms with van der Waals surface area (Å²) in [5, 5.41) is 11.3. The summed E-state index contributed by atoms with van der Waals surface area (Å²) in [5.74, 6) is -0.0687. The van der Waals surface area contributed by atoms with E-state index in [1.165, 1.54) is 0 Å². The summed E-state index contributed by atoms with van der Waals surface area (Å²) >= 11 is 0. The van der Waals surface area contributed by atoms with Crippen LogP contribution >= 0.6 is 12.4 Å². The van der Waals surface area contributed by atoms with Crippen LogP contribution in [0.2, 0.25) is 0 Å². The van der Waals surface area contributed by atoms with Gasteiger partial charge in [0, 0.05) is 18.3 Å². The molecule has 0 saturated carbocycles. The molecule has 4 rings (SSSR count). The van der Waals surface area contributed by atoms with Crippen molar-refractivity contribution in [2.75, 3.05) is 19.6 Å². The number of amides is 1. The number of nitrogens with one attached hydrogen (secondary N) is 2. The molecule has 0 unspecified atom stereocenters. The smallest absolute Gasteiger partial charge is 0.255 e. The molecule has 1 saturated heterocycles. The zero-order chi connectivity index (χ0) is 19.4. The van der Waals surface area contributed by atoms with E-state index in [2.05, 4.69) is 17.6 Å². The van der Waals surface area contributed by atoms with Crippen molar-refractivity contribution in [1.29, 1.82) is 0 Å². The molecule has 0 atom stereocenters. The first-order valence-corrected chi connectivity index (χ1v) is 9.84. The minimum Gasteiger partial charge on any atom is -0.351 e. The van der Waals surface area contributed by atoms with Crippen LogP contribution in [0.3, 0.4) is 0 Å². The van der Waals surface area contributed by atoms with Gasteiger partial charge in [-0.3, -0.25) is 4.79 Å². The maximum atomic E-state index is 13.1. The molecule has 152 valence electrons. The second-order valence-corrected chi connectivity index (χ2v) is 7.78. The number of para-hydroxylation sites is 1. The third kappa shape index (κ3) is 4.86. The molecule has 3 aromatic rings. The first-order chi connectivity index (χ1) is 13.6. The molecule has 2 aromatic carbocycles. The van der Waals surface area contributed by atoms with Crippen LogP contribution in [0.15, 0.2) is 66.9 Å². The summed E-state index contributed by atoms with van der Waals surface area (Å²) in [5.41, 5.74) is 3.33. The van der Waals surface area contributed by atoms with Crippen molar-refractivity contribution in [3.63, 3.8) is 0 Å². The van der Waals surface area contributed by atoms with E-state index in [0.29, 0.717) is 17.8 Å². The maximum absolute atomic E-state index is 13.1. The molecule has 2 N–H and O–H groups in total. The molecule has 2 heterocycles. The van der Waals surface area contributed by atoms with Gasteiger partial charge in [-0.15, -0.1) is 12.4 Å². The quantitative estimate of drug-likeness (QED) is 0.666. The molecule has 0 spiro atoms. The van der Waals surface area contributed by atoms with Gasteiger partial charge in [0.1, 0.15) is 5.69 Å². The average molecular weight is 411 g/mol. The van der Waals surface area contributed by atoms with Gasteiger partial charge in [-0.05, 0) is 43.5 Å². The number of hydrogen-bond acceptors (Lipinski definition) is 3. The molecule has 5 nitrogen and oxygen atoms in total. The fraction of sp³-hybridized carbons (Fsp3) is 0.304. The Kier molecular flexibility index (Phi) is 6.72. The second kappa shape index (κ2) is 9.25. The van der Waals surface area contributed by atoms with Crippen LogP contribution in [0.5, 0.6) is 0 Å². The molecule has 0 radical (unpaired) electrons. The second-order valence-electron chi connectivity index (χ2n) is 7.78. The van der Waals surface area contributed by atoms with E-state index in [4.69, 9.17) is 5.10 Å². The Bertz CT molecular complexity index is 934. The Hall–Kier alpha value is -2.63. The van der Waals surface area contributed by atoms with Crippen molar-refractivity contribution in [3.05, 3.63) is 72.4 Å². The first-order valence-electron chi connectivity index (χ1n) is 9.84. The van der Waals surface area contributed by atoms with Crippen LogP contribution in [-0.2, 0) is 0 Å². The van der Waals surface area contributed by atoms with E-state index >= 15 is 0 Å². The fourth-order valence-electron chi connectivity index (χ4n) is 3.66. The van der Waals surface area contributed by atoms with Gasteiger partial charge in [-0.1, -0.05) is 55.5 Å². The van der Waals surface area contributed by atoms with Gasteiger partial charge in [0.2, 0.25) is 0 Å². The molecule has 1 amide bonds. The van der Waals surface area contributed by atoms with E-state index in [0.717, 1.165) is 37.2 Å². The third-order valence-electron chi connectivity index (χ3n) is 5.51. The highest BCUT2D eigenvalue weighted by Gasteiger charge is 2.28. The number of benzene rings is 2. The summed E-state index contributed by atoms with van der Waals surface area (Å²) in [6.45, 7) is 4.94. The predicted octanol–water partition coefficient (Wildman–Crippen LogP) is 4.08. The van der Waals surface area contributed by atoms with Crippen LogP contribution in [-0.4, -0.2) is 35.3 Å². The summed E-state index contributed by atoms with van der Waals surface area (Å²) < 4.78 is 1.78. The molecule has 1 aliphatic rings. The highest BCUT2D eigenvalue weighted by molar-refractivity contribution is 6.00. The van der Waals surface area contributed by atoms with Gasteiger partial charge in [0.25, 0.3) is 5.91 Å². The van der Waals surface area contributed by atoms with Crippen molar-refractivity contribution in [1.82, 2.24) is 20.4 Å². The maximum Gasteiger partial charge on any atom is 0.255 e. The number of carbonyl (C=O) groups is 1. The number of halogens is 1. The number of hydrogen-bond donors (Lipinski definition) is 2. The Labute approximate surface area is 177 Å². The highest BCUT2D eigenvalue weighted by atomic mass is 35.5. The lowest BCUT2D eigenvalue weighted by Gasteiger charge is -2.34. The molecule has 29 heavy (non-hydrogen) atoms. The van der Waals surface area contributed by atoms with Crippen LogP contribution in [0.1, 0.15) is 30.1 Å². The van der Waals surface area contributed by atoms with Crippen LogP contribution in [0, 0.1) is 5.41 Å². The summed E-state index contributed by atoms with van der Waals surface area (Å²) in [6.07, 6.45) is 3.97. The molecule has 1 aliphatic heterocycles. The van der Waals surface area contributed by atoms with E-state index in [-0.39, 0.29) is 23.7 Å². The van der Waals surface area contributed by atoms with Crippen LogP contribution < -0.4 is 10.6 Å². The average Bonchev–Trinajstić information content (AvgIpc) is 3.20. The zero-order valence-electron chi connectivity index (χ0n) is 16.6. The Morgan fingerprint density at radius 2 is 1.69 bits per heavy atom. The van der Waals surface area contributed by atoms with Crippen molar-refractivity contribution in [2.45, 2.75) is 19.8 Å². The Morgan fingerprint density at radius 1 is 1.07 bits per heavy atom.